The van der Waals surface area contributed by atoms with Gasteiger partial charge in [0.25, 0.3) is 5.91 Å². The van der Waals surface area contributed by atoms with E-state index in [1.165, 1.54) is 0 Å². The average Bonchev–Trinajstić information content (AvgIpc) is 3.19. The van der Waals surface area contributed by atoms with Crippen LogP contribution in [0.15, 0.2) is 6.20 Å². The summed E-state index contributed by atoms with van der Waals surface area (Å²) in [6, 6.07) is 0.724. The number of aryl methyl sites for hydroxylation is 2. The number of hydrogen-bond donors (Lipinski definition) is 0. The van der Waals surface area contributed by atoms with Crippen LogP contribution in [0.5, 0.6) is 0 Å². The van der Waals surface area contributed by atoms with Gasteiger partial charge < -0.3 is 14.5 Å². The van der Waals surface area contributed by atoms with E-state index in [1.807, 2.05) is 29.6 Å². The maximum Gasteiger partial charge on any atom is 0.257 e. The molecule has 3 aliphatic heterocycles. The molecule has 7 heteroatoms. The molecule has 0 spiro atoms. The highest BCUT2D eigenvalue weighted by Gasteiger charge is 2.43. The predicted molar refractivity (Wildman–Crippen MR) is 105 cm³/mol. The average molecular weight is 389 g/mol. The molecule has 0 aliphatic carbocycles. The summed E-state index contributed by atoms with van der Waals surface area (Å²) in [6.07, 6.45) is 8.25. The molecule has 7 nitrogen and oxygen atoms in total. The molecule has 3 aliphatic rings. The Hall–Kier alpha value is -1.89. The Labute approximate surface area is 167 Å². The van der Waals surface area contributed by atoms with Crippen LogP contribution in [-0.4, -0.2) is 68.8 Å². The van der Waals surface area contributed by atoms with Gasteiger partial charge in [-0.25, -0.2) is 0 Å². The van der Waals surface area contributed by atoms with E-state index < -0.39 is 0 Å². The molecule has 1 aromatic heterocycles. The number of carbonyl (C=O) groups is 2. The van der Waals surface area contributed by atoms with Gasteiger partial charge in [-0.05, 0) is 52.4 Å². The van der Waals surface area contributed by atoms with Crippen molar-refractivity contribution in [3.63, 3.8) is 0 Å². The van der Waals surface area contributed by atoms with Gasteiger partial charge in [-0.3, -0.25) is 14.3 Å². The molecule has 0 saturated carbocycles. The maximum absolute atomic E-state index is 12.8. The van der Waals surface area contributed by atoms with Crippen molar-refractivity contribution in [2.24, 2.45) is 0 Å². The summed E-state index contributed by atoms with van der Waals surface area (Å²) in [5.74, 6) is 0.294. The molecule has 4 heterocycles. The number of likely N-dealkylation sites (tertiary alicyclic amines) is 1. The zero-order valence-electron chi connectivity index (χ0n) is 17.3. The third kappa shape index (κ3) is 3.69. The summed E-state index contributed by atoms with van der Waals surface area (Å²) in [6.45, 7) is 7.85. The largest absolute Gasteiger partial charge is 0.375 e. The maximum atomic E-state index is 12.8. The molecule has 2 amide bonds. The molecule has 1 aromatic rings. The molecular formula is C21H32N4O3. The Morgan fingerprint density at radius 1 is 1.11 bits per heavy atom. The quantitative estimate of drug-likeness (QED) is 0.794. The number of hydrogen-bond acceptors (Lipinski definition) is 4. The van der Waals surface area contributed by atoms with Gasteiger partial charge in [-0.1, -0.05) is 0 Å². The van der Waals surface area contributed by atoms with E-state index in [-0.39, 0.29) is 24.0 Å². The molecule has 0 N–H and O–H groups in total. The lowest BCUT2D eigenvalue weighted by Crippen LogP contribution is -2.49. The van der Waals surface area contributed by atoms with Gasteiger partial charge in [0, 0.05) is 44.8 Å². The topological polar surface area (TPSA) is 67.7 Å². The second kappa shape index (κ2) is 7.85. The first-order chi connectivity index (χ1) is 13.5. The van der Waals surface area contributed by atoms with Crippen LogP contribution in [-0.2, 0) is 16.1 Å². The van der Waals surface area contributed by atoms with E-state index in [0.29, 0.717) is 12.1 Å². The summed E-state index contributed by atoms with van der Waals surface area (Å²) in [7, 11) is 0. The molecule has 3 fully saturated rings. The monoisotopic (exact) mass is 388 g/mol. The van der Waals surface area contributed by atoms with Crippen LogP contribution >= 0.6 is 0 Å². The van der Waals surface area contributed by atoms with E-state index in [2.05, 4.69) is 10.00 Å². The molecule has 3 saturated heterocycles. The Bertz CT molecular complexity index is 724. The summed E-state index contributed by atoms with van der Waals surface area (Å²) < 4.78 is 8.25. The number of piperidine rings is 2. The van der Waals surface area contributed by atoms with Crippen molar-refractivity contribution in [2.75, 3.05) is 13.1 Å². The van der Waals surface area contributed by atoms with Crippen LogP contribution in [0.2, 0.25) is 0 Å². The third-order valence-corrected chi connectivity index (χ3v) is 6.67. The lowest BCUT2D eigenvalue weighted by molar-refractivity contribution is -0.138. The van der Waals surface area contributed by atoms with Crippen LogP contribution in [0.4, 0.5) is 0 Å². The summed E-state index contributed by atoms with van der Waals surface area (Å²) in [5.41, 5.74) is 1.52. The Morgan fingerprint density at radius 3 is 2.29 bits per heavy atom. The van der Waals surface area contributed by atoms with Crippen LogP contribution in [0.1, 0.15) is 68.4 Å². The molecule has 28 heavy (non-hydrogen) atoms. The SMILES string of the molecule is CCn1cc(C(=O)N2CCC(OC3CC4CCC(C3)N4C(C)=O)CC2)c(C)n1. The number of aromatic nitrogens is 2. The van der Waals surface area contributed by atoms with Crippen molar-refractivity contribution in [1.82, 2.24) is 19.6 Å². The molecule has 2 bridgehead atoms. The summed E-state index contributed by atoms with van der Waals surface area (Å²) in [4.78, 5) is 28.7. The Balaban J connectivity index is 1.28. The van der Waals surface area contributed by atoms with E-state index in [1.54, 1.807) is 6.92 Å². The lowest BCUT2D eigenvalue weighted by atomic mass is 9.98. The van der Waals surface area contributed by atoms with Crippen molar-refractivity contribution in [3.05, 3.63) is 17.5 Å². The van der Waals surface area contributed by atoms with E-state index in [4.69, 9.17) is 4.74 Å². The number of rotatable bonds is 4. The molecule has 154 valence electrons. The first-order valence-electron chi connectivity index (χ1n) is 10.7. The second-order valence-electron chi connectivity index (χ2n) is 8.52. The molecule has 0 radical (unpaired) electrons. The molecule has 4 rings (SSSR count). The first-order valence-corrected chi connectivity index (χ1v) is 10.7. The van der Waals surface area contributed by atoms with Crippen molar-refractivity contribution in [2.45, 2.75) is 90.1 Å². The third-order valence-electron chi connectivity index (χ3n) is 6.67. The highest BCUT2D eigenvalue weighted by molar-refractivity contribution is 5.95. The predicted octanol–water partition coefficient (Wildman–Crippen LogP) is 2.37. The van der Waals surface area contributed by atoms with Crippen LogP contribution in [0.25, 0.3) is 0 Å². The zero-order chi connectivity index (χ0) is 19.8. The summed E-state index contributed by atoms with van der Waals surface area (Å²) >= 11 is 0. The smallest absolute Gasteiger partial charge is 0.257 e. The van der Waals surface area contributed by atoms with E-state index in [0.717, 1.165) is 69.4 Å². The minimum atomic E-state index is 0.0865. The minimum Gasteiger partial charge on any atom is -0.375 e. The number of fused-ring (bicyclic) bond motifs is 2. The molecular weight excluding hydrogens is 356 g/mol. The standard InChI is InChI=1S/C21H32N4O3/c1-4-24-13-20(14(2)22-24)21(27)23-9-7-18(8-10-23)28-19-11-16-5-6-17(12-19)25(16)15(3)26/h13,16-19H,4-12H2,1-3H3. The molecule has 0 aromatic carbocycles. The van der Waals surface area contributed by atoms with Gasteiger partial charge in [0.05, 0.1) is 23.5 Å². The van der Waals surface area contributed by atoms with Gasteiger partial charge in [0.1, 0.15) is 0 Å². The number of ether oxygens (including phenoxy) is 1. The van der Waals surface area contributed by atoms with Crippen LogP contribution in [0.3, 0.4) is 0 Å². The normalized spacial score (nSPS) is 28.0. The Kier molecular flexibility index (Phi) is 5.45. The summed E-state index contributed by atoms with van der Waals surface area (Å²) in [5, 5.41) is 4.39. The second-order valence-corrected chi connectivity index (χ2v) is 8.52. The van der Waals surface area contributed by atoms with Crippen LogP contribution < -0.4 is 0 Å². The van der Waals surface area contributed by atoms with Gasteiger partial charge in [0.15, 0.2) is 0 Å². The minimum absolute atomic E-state index is 0.0865. The number of amides is 2. The fraction of sp³-hybridized carbons (Fsp3) is 0.762. The van der Waals surface area contributed by atoms with Gasteiger partial charge >= 0.3 is 0 Å². The van der Waals surface area contributed by atoms with Gasteiger partial charge in [-0.15, -0.1) is 0 Å². The van der Waals surface area contributed by atoms with Gasteiger partial charge in [0.2, 0.25) is 5.91 Å². The fourth-order valence-electron chi connectivity index (χ4n) is 5.28. The van der Waals surface area contributed by atoms with Gasteiger partial charge in [-0.2, -0.15) is 5.10 Å². The van der Waals surface area contributed by atoms with Crippen molar-refractivity contribution in [1.29, 1.82) is 0 Å². The number of nitrogens with zero attached hydrogens (tertiary/aromatic N) is 4. The lowest BCUT2D eigenvalue weighted by Gasteiger charge is -2.41. The fourth-order valence-corrected chi connectivity index (χ4v) is 5.28. The molecule has 2 atom stereocenters. The van der Waals surface area contributed by atoms with Crippen molar-refractivity contribution in [3.8, 4) is 0 Å². The van der Waals surface area contributed by atoms with E-state index >= 15 is 0 Å². The first kappa shape index (κ1) is 19.4. The zero-order valence-corrected chi connectivity index (χ0v) is 17.3. The van der Waals surface area contributed by atoms with Crippen LogP contribution in [0, 0.1) is 6.92 Å². The van der Waals surface area contributed by atoms with Crippen molar-refractivity contribution < 1.29 is 14.3 Å². The van der Waals surface area contributed by atoms with Crippen molar-refractivity contribution >= 4 is 11.8 Å². The number of carbonyl (C=O) groups excluding carboxylic acids is 2. The highest BCUT2D eigenvalue weighted by Crippen LogP contribution is 2.37. The van der Waals surface area contributed by atoms with E-state index in [9.17, 15) is 9.59 Å². The Morgan fingerprint density at radius 2 is 1.75 bits per heavy atom. The highest BCUT2D eigenvalue weighted by atomic mass is 16.5. The molecule has 2 unspecified atom stereocenters.